The van der Waals surface area contributed by atoms with Crippen molar-refractivity contribution in [2.75, 3.05) is 44.6 Å². The molecule has 0 bridgehead atoms. The highest BCUT2D eigenvalue weighted by atomic mass is 35.5. The summed E-state index contributed by atoms with van der Waals surface area (Å²) in [6.45, 7) is 7.91. The molecule has 0 saturated carbocycles. The predicted molar refractivity (Wildman–Crippen MR) is 114 cm³/mol. The SMILES string of the molecule is Cc1ccc(NC(=O)CN2CCNC[C@H]2C)cc1S(=O)(=O)N1CCCCC1.Cl. The van der Waals surface area contributed by atoms with Crippen molar-refractivity contribution in [2.24, 2.45) is 0 Å². The van der Waals surface area contributed by atoms with Crippen LogP contribution in [0.3, 0.4) is 0 Å². The Morgan fingerprint density at radius 1 is 1.21 bits per heavy atom. The zero-order valence-corrected chi connectivity index (χ0v) is 18.2. The monoisotopic (exact) mass is 430 g/mol. The number of halogens is 1. The van der Waals surface area contributed by atoms with Crippen LogP contribution < -0.4 is 10.6 Å². The second-order valence-corrected chi connectivity index (χ2v) is 9.42. The summed E-state index contributed by atoms with van der Waals surface area (Å²) < 4.78 is 27.6. The molecular weight excluding hydrogens is 400 g/mol. The fourth-order valence-electron chi connectivity index (χ4n) is 3.70. The quantitative estimate of drug-likeness (QED) is 0.744. The second-order valence-electron chi connectivity index (χ2n) is 7.52. The van der Waals surface area contributed by atoms with Crippen LogP contribution in [0.25, 0.3) is 0 Å². The van der Waals surface area contributed by atoms with E-state index in [2.05, 4.69) is 22.5 Å². The molecule has 3 rings (SSSR count). The van der Waals surface area contributed by atoms with E-state index in [9.17, 15) is 13.2 Å². The maximum Gasteiger partial charge on any atom is 0.243 e. The number of hydrogen-bond acceptors (Lipinski definition) is 5. The number of amides is 1. The first kappa shape index (κ1) is 23.1. The van der Waals surface area contributed by atoms with E-state index < -0.39 is 10.0 Å². The molecular formula is C19H31ClN4O3S. The highest BCUT2D eigenvalue weighted by Gasteiger charge is 2.28. The number of sulfonamides is 1. The van der Waals surface area contributed by atoms with Gasteiger partial charge in [0, 0.05) is 44.5 Å². The van der Waals surface area contributed by atoms with Crippen LogP contribution in [0, 0.1) is 6.92 Å². The molecule has 2 N–H and O–H groups in total. The summed E-state index contributed by atoms with van der Waals surface area (Å²) in [6.07, 6.45) is 2.88. The van der Waals surface area contributed by atoms with Gasteiger partial charge in [0.2, 0.25) is 15.9 Å². The average molecular weight is 431 g/mol. The Hall–Kier alpha value is -1.19. The molecule has 0 aliphatic carbocycles. The number of aryl methyl sites for hydroxylation is 1. The van der Waals surface area contributed by atoms with E-state index in [1.165, 1.54) is 0 Å². The van der Waals surface area contributed by atoms with Crippen LogP contribution in [0.15, 0.2) is 23.1 Å². The molecule has 2 saturated heterocycles. The standard InChI is InChI=1S/C19H30N4O3S.ClH/c1-15-6-7-17(21-19(24)14-22-11-8-20-13-16(22)2)12-18(15)27(25,26)23-9-4-3-5-10-23;/h6-7,12,16,20H,3-5,8-11,13-14H2,1-2H3,(H,21,24);1H/t16-;/m1./s1. The van der Waals surface area contributed by atoms with Gasteiger partial charge in [-0.2, -0.15) is 4.31 Å². The van der Waals surface area contributed by atoms with Crippen molar-refractivity contribution in [3.63, 3.8) is 0 Å². The second kappa shape index (κ2) is 10.0. The lowest BCUT2D eigenvalue weighted by molar-refractivity contribution is -0.118. The molecule has 2 aliphatic heterocycles. The summed E-state index contributed by atoms with van der Waals surface area (Å²) in [5.41, 5.74) is 1.23. The highest BCUT2D eigenvalue weighted by Crippen LogP contribution is 2.26. The van der Waals surface area contributed by atoms with Crippen molar-refractivity contribution < 1.29 is 13.2 Å². The highest BCUT2D eigenvalue weighted by molar-refractivity contribution is 7.89. The van der Waals surface area contributed by atoms with Crippen LogP contribution >= 0.6 is 12.4 Å². The molecule has 1 aromatic carbocycles. The fourth-order valence-corrected chi connectivity index (χ4v) is 5.47. The Labute approximate surface area is 174 Å². The molecule has 28 heavy (non-hydrogen) atoms. The summed E-state index contributed by atoms with van der Waals surface area (Å²) in [5.74, 6) is -0.117. The van der Waals surface area contributed by atoms with Crippen LogP contribution in [0.5, 0.6) is 0 Å². The molecule has 7 nitrogen and oxygen atoms in total. The van der Waals surface area contributed by atoms with E-state index in [1.54, 1.807) is 29.4 Å². The topological polar surface area (TPSA) is 81.8 Å². The molecule has 2 heterocycles. The Bertz CT molecular complexity index is 781. The molecule has 158 valence electrons. The summed E-state index contributed by atoms with van der Waals surface area (Å²) in [7, 11) is -3.52. The number of piperidine rings is 1. The normalized spacial score (nSPS) is 21.7. The van der Waals surface area contributed by atoms with Gasteiger partial charge in [-0.3, -0.25) is 9.69 Å². The average Bonchev–Trinajstić information content (AvgIpc) is 2.66. The molecule has 2 aliphatic rings. The minimum Gasteiger partial charge on any atom is -0.325 e. The lowest BCUT2D eigenvalue weighted by atomic mass is 10.2. The van der Waals surface area contributed by atoms with E-state index >= 15 is 0 Å². The molecule has 0 radical (unpaired) electrons. The number of nitrogens with zero attached hydrogens (tertiary/aromatic N) is 2. The van der Waals surface area contributed by atoms with Crippen molar-refractivity contribution in [1.82, 2.24) is 14.5 Å². The molecule has 1 amide bonds. The van der Waals surface area contributed by atoms with Gasteiger partial charge in [0.15, 0.2) is 0 Å². The van der Waals surface area contributed by atoms with Gasteiger partial charge in [-0.05, 0) is 44.4 Å². The zero-order chi connectivity index (χ0) is 19.4. The minimum absolute atomic E-state index is 0. The van der Waals surface area contributed by atoms with Crippen LogP contribution in [-0.2, 0) is 14.8 Å². The largest absolute Gasteiger partial charge is 0.325 e. The lowest BCUT2D eigenvalue weighted by Gasteiger charge is -2.33. The fraction of sp³-hybridized carbons (Fsp3) is 0.632. The number of anilines is 1. The van der Waals surface area contributed by atoms with Gasteiger partial charge < -0.3 is 10.6 Å². The predicted octanol–water partition coefficient (Wildman–Crippen LogP) is 1.82. The number of carbonyl (C=O) groups is 1. The van der Waals surface area contributed by atoms with Crippen molar-refractivity contribution in [1.29, 1.82) is 0 Å². The van der Waals surface area contributed by atoms with Crippen molar-refractivity contribution >= 4 is 34.0 Å². The first-order valence-corrected chi connectivity index (χ1v) is 11.2. The van der Waals surface area contributed by atoms with E-state index in [4.69, 9.17) is 0 Å². The molecule has 1 atom stereocenters. The lowest BCUT2D eigenvalue weighted by Crippen LogP contribution is -2.51. The van der Waals surface area contributed by atoms with Gasteiger partial charge in [0.1, 0.15) is 0 Å². The number of benzene rings is 1. The van der Waals surface area contributed by atoms with E-state index in [1.807, 2.05) is 0 Å². The van der Waals surface area contributed by atoms with Gasteiger partial charge >= 0.3 is 0 Å². The number of nitrogens with one attached hydrogen (secondary N) is 2. The van der Waals surface area contributed by atoms with Crippen LogP contribution in [-0.4, -0.2) is 68.8 Å². The van der Waals surface area contributed by atoms with Gasteiger partial charge in [-0.15, -0.1) is 12.4 Å². The summed E-state index contributed by atoms with van der Waals surface area (Å²) in [6, 6.07) is 5.43. The summed E-state index contributed by atoms with van der Waals surface area (Å²) >= 11 is 0. The van der Waals surface area contributed by atoms with Crippen LogP contribution in [0.2, 0.25) is 0 Å². The third-order valence-electron chi connectivity index (χ3n) is 5.39. The Morgan fingerprint density at radius 2 is 1.93 bits per heavy atom. The molecule has 0 unspecified atom stereocenters. The van der Waals surface area contributed by atoms with Gasteiger partial charge in [0.25, 0.3) is 0 Å². The third kappa shape index (κ3) is 5.45. The first-order chi connectivity index (χ1) is 12.9. The Kier molecular flexibility index (Phi) is 8.27. The summed E-state index contributed by atoms with van der Waals surface area (Å²) in [5, 5.41) is 6.17. The van der Waals surface area contributed by atoms with Gasteiger partial charge in [-0.25, -0.2) is 8.42 Å². The number of rotatable bonds is 5. The smallest absolute Gasteiger partial charge is 0.243 e. The maximum atomic E-state index is 13.0. The number of hydrogen-bond donors (Lipinski definition) is 2. The van der Waals surface area contributed by atoms with Crippen molar-refractivity contribution in [3.05, 3.63) is 23.8 Å². The van der Waals surface area contributed by atoms with Gasteiger partial charge in [0.05, 0.1) is 11.4 Å². The Morgan fingerprint density at radius 3 is 2.61 bits per heavy atom. The van der Waals surface area contributed by atoms with Crippen LogP contribution in [0.4, 0.5) is 5.69 Å². The van der Waals surface area contributed by atoms with E-state index in [0.717, 1.165) is 38.9 Å². The number of piperazine rings is 1. The Balaban J connectivity index is 0.00000280. The first-order valence-electron chi connectivity index (χ1n) is 9.73. The van der Waals surface area contributed by atoms with E-state index in [-0.39, 0.29) is 23.2 Å². The zero-order valence-electron chi connectivity index (χ0n) is 16.6. The summed E-state index contributed by atoms with van der Waals surface area (Å²) in [4.78, 5) is 14.9. The third-order valence-corrected chi connectivity index (χ3v) is 7.43. The van der Waals surface area contributed by atoms with E-state index in [0.29, 0.717) is 36.9 Å². The van der Waals surface area contributed by atoms with Gasteiger partial charge in [-0.1, -0.05) is 12.5 Å². The minimum atomic E-state index is -3.52. The molecule has 9 heteroatoms. The maximum absolute atomic E-state index is 13.0. The van der Waals surface area contributed by atoms with Crippen molar-refractivity contribution in [3.8, 4) is 0 Å². The van der Waals surface area contributed by atoms with Crippen LogP contribution in [0.1, 0.15) is 31.7 Å². The molecule has 2 fully saturated rings. The van der Waals surface area contributed by atoms with Crippen molar-refractivity contribution in [2.45, 2.75) is 44.0 Å². The molecule has 0 aromatic heterocycles. The molecule has 0 spiro atoms. The number of carbonyl (C=O) groups excluding carboxylic acids is 1. The molecule has 1 aromatic rings.